The van der Waals surface area contributed by atoms with Gasteiger partial charge in [-0.1, -0.05) is 18.7 Å². The Morgan fingerprint density at radius 3 is 2.63 bits per heavy atom. The van der Waals surface area contributed by atoms with E-state index in [1.165, 1.54) is 0 Å². The number of pyridine rings is 1. The zero-order valence-corrected chi connectivity index (χ0v) is 17.6. The second-order valence-corrected chi connectivity index (χ2v) is 7.88. The van der Waals surface area contributed by atoms with E-state index in [9.17, 15) is 13.2 Å². The molecule has 0 aliphatic carbocycles. The number of halogens is 3. The molecule has 2 N–H and O–H groups in total. The number of nitrogens with one attached hydrogen (secondary N) is 2. The third-order valence-corrected chi connectivity index (χ3v) is 5.55. The van der Waals surface area contributed by atoms with Crippen LogP contribution in [0.25, 0.3) is 16.3 Å². The number of hydrogen-bond acceptors (Lipinski definition) is 5. The van der Waals surface area contributed by atoms with Gasteiger partial charge in [0.25, 0.3) is 0 Å². The molecule has 1 atom stereocenters. The van der Waals surface area contributed by atoms with Crippen LogP contribution >= 0.6 is 0 Å². The molecule has 1 aliphatic rings. The van der Waals surface area contributed by atoms with Crippen molar-refractivity contribution in [3.63, 3.8) is 0 Å². The van der Waals surface area contributed by atoms with Gasteiger partial charge in [-0.3, -0.25) is 0 Å². The van der Waals surface area contributed by atoms with E-state index in [0.29, 0.717) is 23.1 Å². The summed E-state index contributed by atoms with van der Waals surface area (Å²) in [7, 11) is 3.68. The number of allylic oxidation sites excluding steroid dienone is 1. The molecule has 0 amide bonds. The SMILES string of the molecule is C=C(c1nc(NC[C@@H](C)OC)cc2c(NC3CCN(C)CC3)cccc12)C(F)(F)F. The Balaban J connectivity index is 2.02. The first-order valence-corrected chi connectivity index (χ1v) is 10.1. The van der Waals surface area contributed by atoms with Crippen LogP contribution in [0.4, 0.5) is 24.7 Å². The highest BCUT2D eigenvalue weighted by Crippen LogP contribution is 2.38. The fraction of sp³-hybridized carbons (Fsp3) is 0.500. The van der Waals surface area contributed by atoms with Crippen LogP contribution in [0.2, 0.25) is 0 Å². The molecule has 8 heteroatoms. The summed E-state index contributed by atoms with van der Waals surface area (Å²) in [5, 5.41) is 7.75. The standard InChI is InChI=1S/C22H29F3N4O/c1-14(30-4)13-26-20-12-18-17(21(28-20)15(2)22(23,24)25)6-5-7-19(18)27-16-8-10-29(3)11-9-16/h5-7,12,14,16,27H,2,8-11,13H2,1,3-4H3,(H,26,28)/t14-/m1/s1. The molecular formula is C22H29F3N4O. The highest BCUT2D eigenvalue weighted by molar-refractivity contribution is 6.01. The van der Waals surface area contributed by atoms with E-state index < -0.39 is 11.7 Å². The van der Waals surface area contributed by atoms with Crippen LogP contribution in [0.5, 0.6) is 0 Å². The molecule has 1 aliphatic heterocycles. The third kappa shape index (κ3) is 5.23. The number of piperidine rings is 1. The predicted octanol–water partition coefficient (Wildman–Crippen LogP) is 4.76. The Labute approximate surface area is 175 Å². The summed E-state index contributed by atoms with van der Waals surface area (Å²) in [6.45, 7) is 7.56. The summed E-state index contributed by atoms with van der Waals surface area (Å²) in [5.74, 6) is 0.365. The monoisotopic (exact) mass is 422 g/mol. The molecule has 0 bridgehead atoms. The van der Waals surface area contributed by atoms with Gasteiger partial charge in [0.05, 0.1) is 17.4 Å². The molecule has 5 nitrogen and oxygen atoms in total. The minimum absolute atomic E-state index is 0.107. The molecule has 0 radical (unpaired) electrons. The van der Waals surface area contributed by atoms with Gasteiger partial charge in [-0.05, 0) is 52.0 Å². The van der Waals surface area contributed by atoms with Crippen molar-refractivity contribution in [1.82, 2.24) is 9.88 Å². The van der Waals surface area contributed by atoms with Gasteiger partial charge >= 0.3 is 6.18 Å². The van der Waals surface area contributed by atoms with Crippen molar-refractivity contribution in [2.45, 2.75) is 38.1 Å². The van der Waals surface area contributed by atoms with E-state index in [4.69, 9.17) is 4.74 Å². The summed E-state index contributed by atoms with van der Waals surface area (Å²) < 4.78 is 45.6. The number of methoxy groups -OCH3 is 1. The van der Waals surface area contributed by atoms with Crippen molar-refractivity contribution in [1.29, 1.82) is 0 Å². The minimum Gasteiger partial charge on any atom is -0.382 e. The molecule has 2 aromatic rings. The number of alkyl halides is 3. The quantitative estimate of drug-likeness (QED) is 0.674. The van der Waals surface area contributed by atoms with Gasteiger partial charge < -0.3 is 20.3 Å². The number of hydrogen-bond donors (Lipinski definition) is 2. The van der Waals surface area contributed by atoms with Crippen molar-refractivity contribution >= 4 is 27.9 Å². The Hall–Kier alpha value is -2.32. The number of aromatic nitrogens is 1. The van der Waals surface area contributed by atoms with Gasteiger partial charge in [0.1, 0.15) is 5.82 Å². The van der Waals surface area contributed by atoms with Gasteiger partial charge in [0.15, 0.2) is 0 Å². The number of benzene rings is 1. The maximum atomic E-state index is 13.5. The van der Waals surface area contributed by atoms with Crippen LogP contribution in [0, 0.1) is 0 Å². The van der Waals surface area contributed by atoms with Gasteiger partial charge in [-0.25, -0.2) is 4.98 Å². The summed E-state index contributed by atoms with van der Waals surface area (Å²) in [5.41, 5.74) is -0.296. The molecule has 0 unspecified atom stereocenters. The Morgan fingerprint density at radius 2 is 2.00 bits per heavy atom. The van der Waals surface area contributed by atoms with Gasteiger partial charge in [-0.15, -0.1) is 0 Å². The smallest absolute Gasteiger partial charge is 0.382 e. The molecule has 164 valence electrons. The lowest BCUT2D eigenvalue weighted by Crippen LogP contribution is -2.36. The molecular weight excluding hydrogens is 393 g/mol. The van der Waals surface area contributed by atoms with E-state index in [-0.39, 0.29) is 17.8 Å². The third-order valence-electron chi connectivity index (χ3n) is 5.55. The molecule has 1 fully saturated rings. The lowest BCUT2D eigenvalue weighted by Gasteiger charge is -2.30. The lowest BCUT2D eigenvalue weighted by molar-refractivity contribution is -0.0688. The van der Waals surface area contributed by atoms with Gasteiger partial charge in [-0.2, -0.15) is 13.2 Å². The number of anilines is 2. The van der Waals surface area contributed by atoms with Crippen LogP contribution in [-0.4, -0.2) is 62.0 Å². The fourth-order valence-corrected chi connectivity index (χ4v) is 3.56. The average molecular weight is 422 g/mol. The minimum atomic E-state index is -4.56. The molecule has 1 saturated heterocycles. The maximum Gasteiger partial charge on any atom is 0.417 e. The van der Waals surface area contributed by atoms with Crippen LogP contribution in [0.3, 0.4) is 0 Å². The van der Waals surface area contributed by atoms with Crippen LogP contribution < -0.4 is 10.6 Å². The van der Waals surface area contributed by atoms with Gasteiger partial charge in [0.2, 0.25) is 0 Å². The van der Waals surface area contributed by atoms with Crippen molar-refractivity contribution in [2.75, 3.05) is 44.4 Å². The number of ether oxygens (including phenoxy) is 1. The summed E-state index contributed by atoms with van der Waals surface area (Å²) >= 11 is 0. The van der Waals surface area contributed by atoms with Crippen molar-refractivity contribution in [2.24, 2.45) is 0 Å². The molecule has 3 rings (SSSR count). The summed E-state index contributed by atoms with van der Waals surface area (Å²) in [4.78, 5) is 6.52. The first kappa shape index (κ1) is 22.4. The molecule has 2 heterocycles. The van der Waals surface area contributed by atoms with Crippen molar-refractivity contribution in [3.05, 3.63) is 36.5 Å². The predicted molar refractivity (Wildman–Crippen MR) is 116 cm³/mol. The fourth-order valence-electron chi connectivity index (χ4n) is 3.56. The Kier molecular flexibility index (Phi) is 6.88. The van der Waals surface area contributed by atoms with Crippen LogP contribution in [-0.2, 0) is 4.74 Å². The molecule has 1 aromatic carbocycles. The highest BCUT2D eigenvalue weighted by Gasteiger charge is 2.35. The van der Waals surface area contributed by atoms with Crippen LogP contribution in [0.1, 0.15) is 25.5 Å². The van der Waals surface area contributed by atoms with Crippen molar-refractivity contribution in [3.8, 4) is 0 Å². The topological polar surface area (TPSA) is 49.4 Å². The normalized spacial score (nSPS) is 17.1. The number of fused-ring (bicyclic) bond motifs is 1. The van der Waals surface area contributed by atoms with Crippen molar-refractivity contribution < 1.29 is 17.9 Å². The highest BCUT2D eigenvalue weighted by atomic mass is 19.4. The number of rotatable bonds is 7. The number of likely N-dealkylation sites (tertiary alicyclic amines) is 1. The van der Waals surface area contributed by atoms with E-state index >= 15 is 0 Å². The Morgan fingerprint density at radius 1 is 1.30 bits per heavy atom. The molecule has 0 saturated carbocycles. The maximum absolute atomic E-state index is 13.5. The van der Waals surface area contributed by atoms with Crippen LogP contribution in [0.15, 0.2) is 30.8 Å². The van der Waals surface area contributed by atoms with E-state index in [1.807, 2.05) is 13.0 Å². The second-order valence-electron chi connectivity index (χ2n) is 7.88. The molecule has 30 heavy (non-hydrogen) atoms. The molecule has 1 aromatic heterocycles. The Bertz CT molecular complexity index is 892. The zero-order valence-electron chi connectivity index (χ0n) is 17.6. The molecule has 0 spiro atoms. The summed E-state index contributed by atoms with van der Waals surface area (Å²) in [6, 6.07) is 7.40. The lowest BCUT2D eigenvalue weighted by atomic mass is 10.0. The average Bonchev–Trinajstić information content (AvgIpc) is 2.72. The van der Waals surface area contributed by atoms with E-state index in [0.717, 1.165) is 31.6 Å². The first-order valence-electron chi connectivity index (χ1n) is 10.1. The van der Waals surface area contributed by atoms with Gasteiger partial charge in [0, 0.05) is 36.2 Å². The van der Waals surface area contributed by atoms with E-state index in [1.54, 1.807) is 25.3 Å². The van der Waals surface area contributed by atoms with E-state index in [2.05, 4.69) is 34.1 Å². The largest absolute Gasteiger partial charge is 0.417 e. The second kappa shape index (κ2) is 9.22. The summed E-state index contributed by atoms with van der Waals surface area (Å²) in [6.07, 6.45) is -2.70. The zero-order chi connectivity index (χ0) is 21.9. The number of nitrogens with zero attached hydrogens (tertiary/aromatic N) is 2. The first-order chi connectivity index (χ1) is 14.2.